The molecule has 32 heavy (non-hydrogen) atoms. The van der Waals surface area contributed by atoms with Crippen molar-refractivity contribution in [2.24, 2.45) is 0 Å². The van der Waals surface area contributed by atoms with Crippen LogP contribution in [0.2, 0.25) is 0 Å². The Balaban J connectivity index is 1.37. The van der Waals surface area contributed by atoms with Crippen LogP contribution in [0.25, 0.3) is 17.3 Å². The number of carbonyl (C=O) groups is 1. The lowest BCUT2D eigenvalue weighted by atomic mass is 10.2. The molecular formula is C22H20FN3O4S2. The van der Waals surface area contributed by atoms with Crippen LogP contribution in [0.15, 0.2) is 64.9 Å². The third kappa shape index (κ3) is 5.28. The first-order chi connectivity index (χ1) is 15.4. The normalized spacial score (nSPS) is 15.2. The number of aromatic nitrogens is 1. The second kappa shape index (κ2) is 9.70. The zero-order valence-electron chi connectivity index (χ0n) is 16.9. The second-order valence-electron chi connectivity index (χ2n) is 6.95. The van der Waals surface area contributed by atoms with Crippen LogP contribution in [-0.4, -0.2) is 49.9 Å². The largest absolute Gasteiger partial charge is 0.379 e. The molecule has 10 heteroatoms. The zero-order valence-corrected chi connectivity index (χ0v) is 18.5. The molecule has 0 unspecified atom stereocenters. The zero-order chi connectivity index (χ0) is 22.6. The summed E-state index contributed by atoms with van der Waals surface area (Å²) in [5, 5.41) is 4.89. The number of carbonyl (C=O) groups excluding carboxylic acids is 1. The van der Waals surface area contributed by atoms with Gasteiger partial charge in [0.15, 0.2) is 5.13 Å². The molecule has 4 rings (SSSR count). The molecule has 7 nitrogen and oxygen atoms in total. The number of nitrogens with zero attached hydrogens (tertiary/aromatic N) is 2. The quantitative estimate of drug-likeness (QED) is 0.553. The van der Waals surface area contributed by atoms with Crippen LogP contribution in [0.4, 0.5) is 9.52 Å². The topological polar surface area (TPSA) is 88.6 Å². The SMILES string of the molecule is O=C(C=Cc1ccc(S(=O)(=O)N2CCOCC2)cc1)Nc1nc(-c2ccc(F)cc2)cs1. The first-order valence-corrected chi connectivity index (χ1v) is 12.1. The van der Waals surface area contributed by atoms with E-state index >= 15 is 0 Å². The second-order valence-corrected chi connectivity index (χ2v) is 9.75. The van der Waals surface area contributed by atoms with Crippen LogP contribution in [0, 0.1) is 5.82 Å². The summed E-state index contributed by atoms with van der Waals surface area (Å²) in [5.41, 5.74) is 2.09. The molecule has 0 bridgehead atoms. The summed E-state index contributed by atoms with van der Waals surface area (Å²) in [7, 11) is -3.55. The third-order valence-electron chi connectivity index (χ3n) is 4.79. The molecular weight excluding hydrogens is 453 g/mol. The van der Waals surface area contributed by atoms with Crippen LogP contribution in [-0.2, 0) is 19.6 Å². The van der Waals surface area contributed by atoms with E-state index in [9.17, 15) is 17.6 Å². The van der Waals surface area contributed by atoms with Crippen LogP contribution in [0.5, 0.6) is 0 Å². The van der Waals surface area contributed by atoms with Crippen LogP contribution >= 0.6 is 11.3 Å². The summed E-state index contributed by atoms with van der Waals surface area (Å²) in [6.45, 7) is 1.45. The van der Waals surface area contributed by atoms with Crippen molar-refractivity contribution < 1.29 is 22.3 Å². The van der Waals surface area contributed by atoms with Gasteiger partial charge in [0.25, 0.3) is 0 Å². The van der Waals surface area contributed by atoms with E-state index in [1.54, 1.807) is 35.7 Å². The van der Waals surface area contributed by atoms with Crippen molar-refractivity contribution in [1.82, 2.24) is 9.29 Å². The lowest BCUT2D eigenvalue weighted by Gasteiger charge is -2.26. The van der Waals surface area contributed by atoms with Gasteiger partial charge in [0.2, 0.25) is 15.9 Å². The van der Waals surface area contributed by atoms with Crippen molar-refractivity contribution in [1.29, 1.82) is 0 Å². The molecule has 1 aromatic heterocycles. The smallest absolute Gasteiger partial charge is 0.250 e. The maximum absolute atomic E-state index is 13.1. The average Bonchev–Trinajstić information content (AvgIpc) is 3.27. The van der Waals surface area contributed by atoms with E-state index < -0.39 is 10.0 Å². The Morgan fingerprint density at radius 2 is 1.78 bits per heavy atom. The van der Waals surface area contributed by atoms with Crippen molar-refractivity contribution in [3.05, 3.63) is 71.4 Å². The van der Waals surface area contributed by atoms with Gasteiger partial charge in [-0.2, -0.15) is 4.31 Å². The Hall–Kier alpha value is -2.92. The molecule has 1 fully saturated rings. The number of anilines is 1. The monoisotopic (exact) mass is 473 g/mol. The Labute approximate surface area is 189 Å². The van der Waals surface area contributed by atoms with E-state index in [1.807, 2.05) is 0 Å². The predicted octanol–water partition coefficient (Wildman–Crippen LogP) is 3.62. The highest BCUT2D eigenvalue weighted by molar-refractivity contribution is 7.89. The fourth-order valence-corrected chi connectivity index (χ4v) is 5.22. The molecule has 0 spiro atoms. The summed E-state index contributed by atoms with van der Waals surface area (Å²) in [6, 6.07) is 12.3. The van der Waals surface area contributed by atoms with E-state index in [4.69, 9.17) is 4.74 Å². The molecule has 2 aromatic carbocycles. The maximum atomic E-state index is 13.1. The van der Waals surface area contributed by atoms with Gasteiger partial charge < -0.3 is 4.74 Å². The standard InChI is InChI=1S/C22H20FN3O4S2/c23-18-6-4-17(5-7-18)20-15-31-22(24-20)25-21(27)10-3-16-1-8-19(9-2-16)32(28,29)26-11-13-30-14-12-26/h1-10,15H,11-14H2,(H,24,25,27). The summed E-state index contributed by atoms with van der Waals surface area (Å²) in [5.74, 6) is -0.690. The van der Waals surface area contributed by atoms with Crippen molar-refractivity contribution >= 4 is 38.5 Å². The number of hydrogen-bond donors (Lipinski definition) is 1. The first-order valence-electron chi connectivity index (χ1n) is 9.80. The van der Waals surface area contributed by atoms with Crippen molar-refractivity contribution in [3.8, 4) is 11.3 Å². The third-order valence-corrected chi connectivity index (χ3v) is 7.46. The van der Waals surface area contributed by atoms with Crippen LogP contribution < -0.4 is 5.32 Å². The first kappa shape index (κ1) is 22.3. The van der Waals surface area contributed by atoms with E-state index in [-0.39, 0.29) is 16.6 Å². The molecule has 166 valence electrons. The molecule has 1 amide bonds. The minimum atomic E-state index is -3.55. The molecule has 1 aliphatic rings. The van der Waals surface area contributed by atoms with E-state index in [2.05, 4.69) is 10.3 Å². The highest BCUT2D eigenvalue weighted by Crippen LogP contribution is 2.25. The molecule has 1 N–H and O–H groups in total. The fraction of sp³-hybridized carbons (Fsp3) is 0.182. The van der Waals surface area contributed by atoms with Gasteiger partial charge >= 0.3 is 0 Å². The summed E-state index contributed by atoms with van der Waals surface area (Å²) >= 11 is 1.27. The van der Waals surface area contributed by atoms with Crippen LogP contribution in [0.1, 0.15) is 5.56 Å². The van der Waals surface area contributed by atoms with Gasteiger partial charge in [0.1, 0.15) is 5.82 Å². The highest BCUT2D eigenvalue weighted by Gasteiger charge is 2.25. The Bertz CT molecular complexity index is 1220. The molecule has 1 aliphatic heterocycles. The highest BCUT2D eigenvalue weighted by atomic mass is 32.2. The van der Waals surface area contributed by atoms with Gasteiger partial charge in [-0.05, 0) is 48.0 Å². The minimum Gasteiger partial charge on any atom is -0.379 e. The minimum absolute atomic E-state index is 0.206. The summed E-state index contributed by atoms with van der Waals surface area (Å²) < 4.78 is 45.0. The van der Waals surface area contributed by atoms with Crippen LogP contribution in [0.3, 0.4) is 0 Å². The number of sulfonamides is 1. The fourth-order valence-electron chi connectivity index (χ4n) is 3.09. The van der Waals surface area contributed by atoms with Gasteiger partial charge in [-0.25, -0.2) is 17.8 Å². The Kier molecular flexibility index (Phi) is 6.75. The van der Waals surface area contributed by atoms with Gasteiger partial charge in [-0.15, -0.1) is 11.3 Å². The maximum Gasteiger partial charge on any atom is 0.250 e. The summed E-state index contributed by atoms with van der Waals surface area (Å²) in [4.78, 5) is 16.8. The molecule has 3 aromatic rings. The van der Waals surface area contributed by atoms with E-state index in [0.29, 0.717) is 42.7 Å². The molecule has 0 aliphatic carbocycles. The number of hydrogen-bond acceptors (Lipinski definition) is 6. The lowest BCUT2D eigenvalue weighted by molar-refractivity contribution is -0.111. The number of benzene rings is 2. The molecule has 0 saturated carbocycles. The molecule has 2 heterocycles. The van der Waals surface area contributed by atoms with Gasteiger partial charge in [0, 0.05) is 30.1 Å². The molecule has 0 atom stereocenters. The number of rotatable bonds is 6. The predicted molar refractivity (Wildman–Crippen MR) is 121 cm³/mol. The number of morpholine rings is 1. The summed E-state index contributed by atoms with van der Waals surface area (Å²) in [6.07, 6.45) is 2.94. The van der Waals surface area contributed by atoms with Crippen molar-refractivity contribution in [2.45, 2.75) is 4.90 Å². The number of nitrogens with one attached hydrogen (secondary N) is 1. The Morgan fingerprint density at radius 3 is 2.47 bits per heavy atom. The Morgan fingerprint density at radius 1 is 1.09 bits per heavy atom. The molecule has 1 saturated heterocycles. The van der Waals surface area contributed by atoms with E-state index in [0.717, 1.165) is 5.56 Å². The van der Waals surface area contributed by atoms with Crippen molar-refractivity contribution in [2.75, 3.05) is 31.6 Å². The number of halogens is 1. The van der Waals surface area contributed by atoms with Gasteiger partial charge in [0.05, 0.1) is 23.8 Å². The van der Waals surface area contributed by atoms with E-state index in [1.165, 1.54) is 46.0 Å². The van der Waals surface area contributed by atoms with Gasteiger partial charge in [-0.1, -0.05) is 12.1 Å². The number of amides is 1. The number of ether oxygens (including phenoxy) is 1. The number of thiazole rings is 1. The van der Waals surface area contributed by atoms with Crippen molar-refractivity contribution in [3.63, 3.8) is 0 Å². The van der Waals surface area contributed by atoms with Gasteiger partial charge in [-0.3, -0.25) is 10.1 Å². The molecule has 0 radical (unpaired) electrons. The average molecular weight is 474 g/mol. The lowest BCUT2D eigenvalue weighted by Crippen LogP contribution is -2.40.